The summed E-state index contributed by atoms with van der Waals surface area (Å²) in [4.78, 5) is 25.8. The average Bonchev–Trinajstić information content (AvgIpc) is 3.11. The number of nitrogens with zero attached hydrogens (tertiary/aromatic N) is 1. The Morgan fingerprint density at radius 2 is 1.83 bits per heavy atom. The smallest absolute Gasteiger partial charge is 0.323 e. The quantitative estimate of drug-likeness (QED) is 0.419. The molecule has 0 aromatic heterocycles. The molecule has 1 N–H and O–H groups in total. The Morgan fingerprint density at radius 3 is 2.51 bits per heavy atom. The molecule has 4 rings (SSSR count). The molecule has 5 nitrogen and oxygen atoms in total. The van der Waals surface area contributed by atoms with Crippen LogP contribution in [-0.2, 0) is 24.2 Å². The number of fused-ring (bicyclic) bond motifs is 1. The Kier molecular flexibility index (Phi) is 7.01. The van der Waals surface area contributed by atoms with Crippen LogP contribution in [0.1, 0.15) is 34.0 Å². The Morgan fingerprint density at radius 1 is 1.06 bits per heavy atom. The van der Waals surface area contributed by atoms with Crippen LogP contribution in [0.2, 0.25) is 10.0 Å². The highest BCUT2D eigenvalue weighted by molar-refractivity contribution is 6.31. The number of carbonyl (C=O) groups excluding carboxylic acids is 1. The molecule has 3 aromatic carbocycles. The van der Waals surface area contributed by atoms with E-state index in [1.807, 2.05) is 6.92 Å². The van der Waals surface area contributed by atoms with Gasteiger partial charge in [0.1, 0.15) is 29.5 Å². The van der Waals surface area contributed by atoms with E-state index in [2.05, 4.69) is 0 Å². The minimum absolute atomic E-state index is 0.0468. The van der Waals surface area contributed by atoms with Gasteiger partial charge in [0.2, 0.25) is 0 Å². The van der Waals surface area contributed by atoms with Gasteiger partial charge in [-0.15, -0.1) is 0 Å². The van der Waals surface area contributed by atoms with E-state index in [1.165, 1.54) is 24.3 Å². The second-order valence-electron chi connectivity index (χ2n) is 8.77. The molecule has 35 heavy (non-hydrogen) atoms. The summed E-state index contributed by atoms with van der Waals surface area (Å²) in [7, 11) is 0. The summed E-state index contributed by atoms with van der Waals surface area (Å²) in [5, 5.41) is 9.48. The van der Waals surface area contributed by atoms with Crippen molar-refractivity contribution in [1.29, 1.82) is 0 Å². The van der Waals surface area contributed by atoms with Gasteiger partial charge < -0.3 is 14.7 Å². The van der Waals surface area contributed by atoms with Gasteiger partial charge >= 0.3 is 5.97 Å². The molecular weight excluding hydrogens is 499 g/mol. The van der Waals surface area contributed by atoms with E-state index in [0.717, 1.165) is 22.1 Å². The van der Waals surface area contributed by atoms with E-state index in [4.69, 9.17) is 27.9 Å². The third-order valence-corrected chi connectivity index (χ3v) is 6.44. The number of ether oxygens (including phenoxy) is 1. The molecule has 182 valence electrons. The van der Waals surface area contributed by atoms with E-state index in [-0.39, 0.29) is 22.2 Å². The first kappa shape index (κ1) is 24.9. The molecule has 9 heteroatoms. The molecule has 0 radical (unpaired) electrons. The van der Waals surface area contributed by atoms with Crippen molar-refractivity contribution in [3.63, 3.8) is 0 Å². The lowest BCUT2D eigenvalue weighted by Gasteiger charge is -2.24. The number of amides is 1. The van der Waals surface area contributed by atoms with Crippen LogP contribution < -0.4 is 4.74 Å². The van der Waals surface area contributed by atoms with Crippen molar-refractivity contribution < 1.29 is 28.2 Å². The Labute approximate surface area is 210 Å². The van der Waals surface area contributed by atoms with Gasteiger partial charge in [-0.25, -0.2) is 8.78 Å². The second-order valence-corrected chi connectivity index (χ2v) is 9.58. The van der Waals surface area contributed by atoms with Crippen LogP contribution in [-0.4, -0.2) is 34.0 Å². The second kappa shape index (κ2) is 9.84. The zero-order valence-corrected chi connectivity index (χ0v) is 20.2. The van der Waals surface area contributed by atoms with Crippen LogP contribution in [0.3, 0.4) is 0 Å². The SMILES string of the molecule is CC1(Cc2ccc(Cl)c(F)c2)Cc2cc(C(=O)N(CC(=O)O)Cc3ccc(F)cc3Cl)ccc2O1. The van der Waals surface area contributed by atoms with E-state index in [9.17, 15) is 23.5 Å². The highest BCUT2D eigenvalue weighted by Gasteiger charge is 2.36. The number of carbonyl (C=O) groups is 2. The zero-order valence-electron chi connectivity index (χ0n) is 18.7. The number of hydrogen-bond donors (Lipinski definition) is 1. The van der Waals surface area contributed by atoms with Crippen molar-refractivity contribution in [3.05, 3.63) is 98.5 Å². The molecule has 0 spiro atoms. The number of rotatable bonds is 7. The van der Waals surface area contributed by atoms with Gasteiger partial charge in [-0.05, 0) is 66.1 Å². The van der Waals surface area contributed by atoms with E-state index in [0.29, 0.717) is 24.2 Å². The monoisotopic (exact) mass is 519 g/mol. The van der Waals surface area contributed by atoms with E-state index < -0.39 is 35.7 Å². The Hall–Kier alpha value is -3.16. The average molecular weight is 520 g/mol. The van der Waals surface area contributed by atoms with Gasteiger partial charge in [0.05, 0.1) is 5.02 Å². The lowest BCUT2D eigenvalue weighted by atomic mass is 9.91. The highest BCUT2D eigenvalue weighted by Crippen LogP contribution is 2.38. The first-order valence-corrected chi connectivity index (χ1v) is 11.5. The molecule has 0 saturated heterocycles. The molecule has 1 aliphatic rings. The van der Waals surface area contributed by atoms with Gasteiger partial charge in [0.15, 0.2) is 0 Å². The summed E-state index contributed by atoms with van der Waals surface area (Å²) in [5.41, 5.74) is 1.56. The maximum absolute atomic E-state index is 13.9. The van der Waals surface area contributed by atoms with Crippen LogP contribution in [0.4, 0.5) is 8.78 Å². The molecule has 0 aliphatic carbocycles. The van der Waals surface area contributed by atoms with Crippen molar-refractivity contribution in [2.24, 2.45) is 0 Å². The molecule has 0 bridgehead atoms. The number of carboxylic acids is 1. The maximum Gasteiger partial charge on any atom is 0.323 e. The molecule has 0 saturated carbocycles. The topological polar surface area (TPSA) is 66.8 Å². The van der Waals surface area contributed by atoms with Crippen LogP contribution in [0, 0.1) is 11.6 Å². The molecule has 1 amide bonds. The van der Waals surface area contributed by atoms with Gasteiger partial charge in [-0.2, -0.15) is 0 Å². The van der Waals surface area contributed by atoms with Gasteiger partial charge in [-0.3, -0.25) is 9.59 Å². The summed E-state index contributed by atoms with van der Waals surface area (Å²) < 4.78 is 33.4. The van der Waals surface area contributed by atoms with E-state index in [1.54, 1.807) is 24.3 Å². The fourth-order valence-electron chi connectivity index (χ4n) is 4.24. The number of hydrogen-bond acceptors (Lipinski definition) is 3. The third kappa shape index (κ3) is 5.74. The largest absolute Gasteiger partial charge is 0.487 e. The predicted molar refractivity (Wildman–Crippen MR) is 128 cm³/mol. The lowest BCUT2D eigenvalue weighted by molar-refractivity contribution is -0.137. The van der Waals surface area contributed by atoms with Crippen molar-refractivity contribution in [3.8, 4) is 5.75 Å². The van der Waals surface area contributed by atoms with Crippen LogP contribution in [0.15, 0.2) is 54.6 Å². The number of benzene rings is 3. The van der Waals surface area contributed by atoms with Crippen LogP contribution in [0.25, 0.3) is 0 Å². The molecule has 1 atom stereocenters. The molecular formula is C26H21Cl2F2NO4. The summed E-state index contributed by atoms with van der Waals surface area (Å²) in [6, 6.07) is 13.2. The fourth-order valence-corrected chi connectivity index (χ4v) is 4.58. The Bertz CT molecular complexity index is 1320. The summed E-state index contributed by atoms with van der Waals surface area (Å²) in [5.74, 6) is -2.13. The first-order chi connectivity index (χ1) is 16.5. The molecule has 1 unspecified atom stereocenters. The Balaban J connectivity index is 1.54. The number of aliphatic carboxylic acids is 1. The number of carboxylic acid groups (broad SMARTS) is 1. The zero-order chi connectivity index (χ0) is 25.3. The van der Waals surface area contributed by atoms with Crippen LogP contribution >= 0.6 is 23.2 Å². The number of halogens is 4. The molecule has 1 heterocycles. The van der Waals surface area contributed by atoms with Crippen molar-refractivity contribution in [2.45, 2.75) is 31.9 Å². The summed E-state index contributed by atoms with van der Waals surface area (Å²) in [6.07, 6.45) is 0.893. The standard InChI is InChI=1S/C26H21Cl2F2NO4/c1-26(11-15-2-6-20(27)22(30)8-15)12-18-9-16(4-7-23(18)35-26)25(34)31(14-24(32)33)13-17-3-5-19(29)10-21(17)28/h2-10H,11-14H2,1H3,(H,32,33). The van der Waals surface area contributed by atoms with Crippen LogP contribution in [0.5, 0.6) is 5.75 Å². The van der Waals surface area contributed by atoms with Crippen molar-refractivity contribution in [1.82, 2.24) is 4.90 Å². The van der Waals surface area contributed by atoms with Crippen molar-refractivity contribution >= 4 is 35.1 Å². The van der Waals surface area contributed by atoms with Gasteiger partial charge in [-0.1, -0.05) is 35.3 Å². The summed E-state index contributed by atoms with van der Waals surface area (Å²) >= 11 is 11.9. The predicted octanol–water partition coefficient (Wildman–Crippen LogP) is 5.93. The molecule has 0 fully saturated rings. The highest BCUT2D eigenvalue weighted by atomic mass is 35.5. The van der Waals surface area contributed by atoms with E-state index >= 15 is 0 Å². The molecule has 1 aliphatic heterocycles. The maximum atomic E-state index is 13.9. The summed E-state index contributed by atoms with van der Waals surface area (Å²) in [6.45, 7) is 1.24. The molecule has 3 aromatic rings. The van der Waals surface area contributed by atoms with Crippen molar-refractivity contribution in [2.75, 3.05) is 6.54 Å². The third-order valence-electron chi connectivity index (χ3n) is 5.78. The minimum atomic E-state index is -1.19. The fraction of sp³-hybridized carbons (Fsp3) is 0.231. The normalized spacial score (nSPS) is 16.5. The van der Waals surface area contributed by atoms with Gasteiger partial charge in [0.25, 0.3) is 5.91 Å². The minimum Gasteiger partial charge on any atom is -0.487 e. The first-order valence-electron chi connectivity index (χ1n) is 10.7. The van der Waals surface area contributed by atoms with Gasteiger partial charge in [0, 0.05) is 30.0 Å². The lowest BCUT2D eigenvalue weighted by Crippen LogP contribution is -2.35.